The van der Waals surface area contributed by atoms with E-state index in [0.717, 1.165) is 26.5 Å². The zero-order valence-corrected chi connectivity index (χ0v) is 17.0. The third-order valence-electron chi connectivity index (χ3n) is 4.69. The first kappa shape index (κ1) is 18.9. The first-order valence-corrected chi connectivity index (χ1v) is 10.3. The standard InChI is InChI=1S/C22H16N6O2S/c29-20(14-28-21(30)6-5-18(26-28)16-7-9-23-10-8-16)24-17-3-1-15(2-4-17)19-13-27-11-12-31-22(27)25-19/h1-13H,14H2,(H,24,29). The smallest absolute Gasteiger partial charge is 0.267 e. The van der Waals surface area contributed by atoms with Gasteiger partial charge >= 0.3 is 0 Å². The minimum Gasteiger partial charge on any atom is -0.324 e. The van der Waals surface area contributed by atoms with Gasteiger partial charge in [0.05, 0.1) is 11.4 Å². The van der Waals surface area contributed by atoms with Gasteiger partial charge < -0.3 is 5.32 Å². The van der Waals surface area contributed by atoms with Gasteiger partial charge in [-0.3, -0.25) is 19.0 Å². The number of nitrogens with zero attached hydrogens (tertiary/aromatic N) is 5. The molecule has 9 heteroatoms. The molecule has 0 unspecified atom stereocenters. The Morgan fingerprint density at radius 2 is 1.74 bits per heavy atom. The molecule has 0 aliphatic heterocycles. The molecule has 0 radical (unpaired) electrons. The molecule has 4 heterocycles. The molecule has 8 nitrogen and oxygen atoms in total. The van der Waals surface area contributed by atoms with E-state index in [2.05, 4.69) is 20.4 Å². The zero-order valence-electron chi connectivity index (χ0n) is 16.2. The third-order valence-corrected chi connectivity index (χ3v) is 5.46. The Hall–Kier alpha value is -4.11. The fraction of sp³-hybridized carbons (Fsp3) is 0.0455. The second-order valence-electron chi connectivity index (χ2n) is 6.79. The SMILES string of the molecule is O=C(Cn1nc(-c2ccncc2)ccc1=O)Nc1ccc(-c2cn3ccsc3n2)cc1. The van der Waals surface area contributed by atoms with Gasteiger partial charge in [0.25, 0.3) is 5.56 Å². The molecular weight excluding hydrogens is 412 g/mol. The molecule has 31 heavy (non-hydrogen) atoms. The molecule has 0 spiro atoms. The van der Waals surface area contributed by atoms with E-state index in [4.69, 9.17) is 0 Å². The van der Waals surface area contributed by atoms with E-state index in [-0.39, 0.29) is 18.0 Å². The molecule has 1 amide bonds. The van der Waals surface area contributed by atoms with Crippen LogP contribution in [0.3, 0.4) is 0 Å². The van der Waals surface area contributed by atoms with Crippen molar-refractivity contribution in [2.24, 2.45) is 0 Å². The van der Waals surface area contributed by atoms with Crippen LogP contribution in [0.5, 0.6) is 0 Å². The molecule has 5 rings (SSSR count). The molecule has 0 atom stereocenters. The fourth-order valence-corrected chi connectivity index (χ4v) is 3.87. The third kappa shape index (κ3) is 3.99. The number of anilines is 1. The fourth-order valence-electron chi connectivity index (χ4n) is 3.17. The normalized spacial score (nSPS) is 11.0. The summed E-state index contributed by atoms with van der Waals surface area (Å²) in [5, 5.41) is 9.09. The first-order chi connectivity index (χ1) is 15.2. The summed E-state index contributed by atoms with van der Waals surface area (Å²) in [7, 11) is 0. The predicted molar refractivity (Wildman–Crippen MR) is 119 cm³/mol. The summed E-state index contributed by atoms with van der Waals surface area (Å²) in [5.74, 6) is -0.336. The van der Waals surface area contributed by atoms with Gasteiger partial charge in [-0.1, -0.05) is 12.1 Å². The summed E-state index contributed by atoms with van der Waals surface area (Å²) >= 11 is 1.57. The highest BCUT2D eigenvalue weighted by atomic mass is 32.1. The van der Waals surface area contributed by atoms with Crippen molar-refractivity contribution < 1.29 is 4.79 Å². The van der Waals surface area contributed by atoms with Gasteiger partial charge in [0.15, 0.2) is 4.96 Å². The highest BCUT2D eigenvalue weighted by molar-refractivity contribution is 7.15. The van der Waals surface area contributed by atoms with Crippen molar-refractivity contribution in [2.45, 2.75) is 6.54 Å². The lowest BCUT2D eigenvalue weighted by Gasteiger charge is -2.09. The van der Waals surface area contributed by atoms with Crippen LogP contribution < -0.4 is 10.9 Å². The van der Waals surface area contributed by atoms with Gasteiger partial charge in [-0.15, -0.1) is 11.3 Å². The van der Waals surface area contributed by atoms with E-state index in [1.807, 2.05) is 46.4 Å². The predicted octanol–water partition coefficient (Wildman–Crippen LogP) is 3.32. The summed E-state index contributed by atoms with van der Waals surface area (Å²) in [6.45, 7) is -0.184. The molecule has 0 aliphatic rings. The molecule has 0 fully saturated rings. The van der Waals surface area contributed by atoms with Crippen molar-refractivity contribution >= 4 is 27.9 Å². The molecule has 5 aromatic rings. The number of fused-ring (bicyclic) bond motifs is 1. The van der Waals surface area contributed by atoms with Crippen LogP contribution in [0.2, 0.25) is 0 Å². The largest absolute Gasteiger partial charge is 0.324 e. The van der Waals surface area contributed by atoms with Crippen LogP contribution in [-0.4, -0.2) is 30.1 Å². The van der Waals surface area contributed by atoms with Crippen LogP contribution in [0.15, 0.2) is 83.5 Å². The van der Waals surface area contributed by atoms with E-state index in [1.165, 1.54) is 6.07 Å². The lowest BCUT2D eigenvalue weighted by molar-refractivity contribution is -0.117. The Labute approximate surface area is 180 Å². The Bertz CT molecular complexity index is 1390. The average Bonchev–Trinajstić information content (AvgIpc) is 3.39. The van der Waals surface area contributed by atoms with Crippen LogP contribution in [0.1, 0.15) is 0 Å². The van der Waals surface area contributed by atoms with Crippen molar-refractivity contribution in [3.05, 3.63) is 89.1 Å². The molecule has 4 aromatic heterocycles. The van der Waals surface area contributed by atoms with E-state index in [0.29, 0.717) is 11.4 Å². The van der Waals surface area contributed by atoms with Crippen molar-refractivity contribution in [3.8, 4) is 22.5 Å². The van der Waals surface area contributed by atoms with Gasteiger partial charge in [-0.25, -0.2) is 9.67 Å². The van der Waals surface area contributed by atoms with E-state index >= 15 is 0 Å². The average molecular weight is 428 g/mol. The van der Waals surface area contributed by atoms with Crippen molar-refractivity contribution in [3.63, 3.8) is 0 Å². The van der Waals surface area contributed by atoms with E-state index in [1.54, 1.807) is 41.9 Å². The maximum absolute atomic E-state index is 12.5. The monoisotopic (exact) mass is 428 g/mol. The Kier molecular flexibility index (Phi) is 4.85. The molecule has 0 saturated heterocycles. The molecule has 1 N–H and O–H groups in total. The number of nitrogens with one attached hydrogen (secondary N) is 1. The second kappa shape index (κ2) is 7.96. The van der Waals surface area contributed by atoms with Crippen LogP contribution in [0.4, 0.5) is 5.69 Å². The summed E-state index contributed by atoms with van der Waals surface area (Å²) in [5.41, 5.74) is 3.53. The number of hydrogen-bond acceptors (Lipinski definition) is 6. The van der Waals surface area contributed by atoms with Crippen molar-refractivity contribution in [2.75, 3.05) is 5.32 Å². The Balaban J connectivity index is 1.29. The van der Waals surface area contributed by atoms with Gasteiger partial charge in [0.1, 0.15) is 6.54 Å². The quantitative estimate of drug-likeness (QED) is 0.463. The molecule has 1 aromatic carbocycles. The zero-order chi connectivity index (χ0) is 21.2. The molecule has 0 aliphatic carbocycles. The highest BCUT2D eigenvalue weighted by Gasteiger charge is 2.10. The summed E-state index contributed by atoms with van der Waals surface area (Å²) < 4.78 is 3.12. The number of imidazole rings is 1. The minimum absolute atomic E-state index is 0.184. The van der Waals surface area contributed by atoms with Crippen molar-refractivity contribution in [1.29, 1.82) is 0 Å². The highest BCUT2D eigenvalue weighted by Crippen LogP contribution is 2.23. The topological polar surface area (TPSA) is 94.2 Å². The van der Waals surface area contributed by atoms with E-state index < -0.39 is 0 Å². The molecule has 0 saturated carbocycles. The second-order valence-corrected chi connectivity index (χ2v) is 7.67. The first-order valence-electron chi connectivity index (χ1n) is 9.47. The summed E-state index contributed by atoms with van der Waals surface area (Å²) in [6, 6.07) is 14.0. The Morgan fingerprint density at radius 1 is 0.968 bits per heavy atom. The summed E-state index contributed by atoms with van der Waals surface area (Å²) in [4.78, 5) is 34.1. The van der Waals surface area contributed by atoms with E-state index in [9.17, 15) is 9.59 Å². The van der Waals surface area contributed by atoms with Crippen LogP contribution in [0.25, 0.3) is 27.5 Å². The number of carbonyl (C=O) groups excluding carboxylic acids is 1. The summed E-state index contributed by atoms with van der Waals surface area (Å²) in [6.07, 6.45) is 7.23. The number of hydrogen-bond donors (Lipinski definition) is 1. The maximum atomic E-state index is 12.5. The number of amides is 1. The molecule has 0 bridgehead atoms. The Morgan fingerprint density at radius 3 is 2.52 bits per heavy atom. The number of carbonyl (C=O) groups is 1. The lowest BCUT2D eigenvalue weighted by atomic mass is 10.1. The molecule has 152 valence electrons. The van der Waals surface area contributed by atoms with Crippen LogP contribution >= 0.6 is 11.3 Å². The number of pyridine rings is 1. The van der Waals surface area contributed by atoms with Gasteiger partial charge in [-0.2, -0.15) is 5.10 Å². The minimum atomic E-state index is -0.344. The number of aromatic nitrogens is 5. The number of rotatable bonds is 5. The number of benzene rings is 1. The van der Waals surface area contributed by atoms with Gasteiger partial charge in [-0.05, 0) is 30.3 Å². The van der Waals surface area contributed by atoms with Gasteiger partial charge in [0.2, 0.25) is 5.91 Å². The lowest BCUT2D eigenvalue weighted by Crippen LogP contribution is -2.29. The maximum Gasteiger partial charge on any atom is 0.267 e. The molecular formula is C22H16N6O2S. The van der Waals surface area contributed by atoms with Gasteiger partial charge in [0, 0.05) is 53.0 Å². The van der Waals surface area contributed by atoms with Crippen LogP contribution in [0, 0.1) is 0 Å². The van der Waals surface area contributed by atoms with Crippen molar-refractivity contribution in [1.82, 2.24) is 24.1 Å². The number of thiazole rings is 1. The van der Waals surface area contributed by atoms with Crippen LogP contribution in [-0.2, 0) is 11.3 Å².